The van der Waals surface area contributed by atoms with Crippen LogP contribution in [0.5, 0.6) is 0 Å². The summed E-state index contributed by atoms with van der Waals surface area (Å²) in [6.07, 6.45) is 4.89. The van der Waals surface area contributed by atoms with Gasteiger partial charge < -0.3 is 15.5 Å². The monoisotopic (exact) mass is 301 g/mol. The summed E-state index contributed by atoms with van der Waals surface area (Å²) >= 11 is 0. The van der Waals surface area contributed by atoms with Crippen molar-refractivity contribution in [2.75, 3.05) is 6.54 Å². The number of nitrogens with zero attached hydrogens (tertiary/aromatic N) is 4. The van der Waals surface area contributed by atoms with Crippen LogP contribution in [0.1, 0.15) is 26.2 Å². The molecule has 0 aromatic carbocycles. The van der Waals surface area contributed by atoms with Crippen LogP contribution in [0.4, 0.5) is 0 Å². The van der Waals surface area contributed by atoms with Crippen LogP contribution in [0.2, 0.25) is 0 Å². The summed E-state index contributed by atoms with van der Waals surface area (Å²) in [5, 5.41) is 11.4. The molecule has 0 radical (unpaired) electrons. The molecule has 1 saturated carbocycles. The van der Waals surface area contributed by atoms with Gasteiger partial charge in [-0.3, -0.25) is 0 Å². The fourth-order valence-corrected chi connectivity index (χ4v) is 3.53. The lowest BCUT2D eigenvalue weighted by Gasteiger charge is -2.20. The lowest BCUT2D eigenvalue weighted by atomic mass is 10.4. The number of amidine groups is 1. The van der Waals surface area contributed by atoms with E-state index < -0.39 is 10.0 Å². The van der Waals surface area contributed by atoms with Crippen molar-refractivity contribution in [3.05, 3.63) is 12.5 Å². The molecule has 0 atom stereocenters. The molecule has 0 amide bonds. The summed E-state index contributed by atoms with van der Waals surface area (Å²) < 4.78 is 28.2. The summed E-state index contributed by atoms with van der Waals surface area (Å²) in [6, 6.07) is -0.00160. The Kier molecular flexibility index (Phi) is 4.29. The first kappa shape index (κ1) is 14.8. The highest BCUT2D eigenvalue weighted by molar-refractivity contribution is 7.89. The molecule has 0 saturated heterocycles. The summed E-state index contributed by atoms with van der Waals surface area (Å²) in [5.74, 6) is 0.0185. The molecule has 1 fully saturated rings. The molecule has 0 aliphatic heterocycles. The average Bonchev–Trinajstić information content (AvgIpc) is 3.13. The fraction of sp³-hybridized carbons (Fsp3) is 0.636. The maximum Gasteiger partial charge on any atom is 0.262 e. The molecule has 0 unspecified atom stereocenters. The van der Waals surface area contributed by atoms with Crippen LogP contribution in [0.3, 0.4) is 0 Å². The molecule has 0 spiro atoms. The van der Waals surface area contributed by atoms with E-state index in [9.17, 15) is 8.42 Å². The van der Waals surface area contributed by atoms with E-state index in [4.69, 9.17) is 10.9 Å². The molecule has 1 aromatic rings. The van der Waals surface area contributed by atoms with Gasteiger partial charge in [-0.1, -0.05) is 5.16 Å². The summed E-state index contributed by atoms with van der Waals surface area (Å²) in [4.78, 5) is 3.96. The van der Waals surface area contributed by atoms with Gasteiger partial charge in [0.05, 0.1) is 6.33 Å². The molecule has 1 aromatic heterocycles. The van der Waals surface area contributed by atoms with Gasteiger partial charge in [0.25, 0.3) is 10.0 Å². The van der Waals surface area contributed by atoms with Gasteiger partial charge in [-0.05, 0) is 19.8 Å². The van der Waals surface area contributed by atoms with E-state index in [2.05, 4.69) is 10.1 Å². The molecule has 20 heavy (non-hydrogen) atoms. The van der Waals surface area contributed by atoms with Crippen molar-refractivity contribution in [1.29, 1.82) is 0 Å². The standard InChI is InChI=1S/C11H19N5O3S/c1-2-15-7-11(13-8-15)20(18,19)16(9-3-4-9)6-5-10(12)14-17/h7-9,17H,2-6H2,1H3,(H2,12,14). The zero-order valence-corrected chi connectivity index (χ0v) is 12.1. The van der Waals surface area contributed by atoms with E-state index in [-0.39, 0.29) is 29.9 Å². The predicted octanol–water partition coefficient (Wildman–Crippen LogP) is 0.193. The molecular weight excluding hydrogens is 282 g/mol. The third-order valence-electron chi connectivity index (χ3n) is 3.22. The second kappa shape index (κ2) is 5.80. The van der Waals surface area contributed by atoms with Gasteiger partial charge in [-0.25, -0.2) is 13.4 Å². The van der Waals surface area contributed by atoms with Gasteiger partial charge in [0, 0.05) is 31.7 Å². The molecule has 0 bridgehead atoms. The summed E-state index contributed by atoms with van der Waals surface area (Å²) in [7, 11) is -3.62. The zero-order valence-electron chi connectivity index (χ0n) is 11.3. The third-order valence-corrected chi connectivity index (χ3v) is 5.06. The van der Waals surface area contributed by atoms with Crippen LogP contribution in [0.15, 0.2) is 22.7 Å². The Morgan fingerprint density at radius 1 is 1.65 bits per heavy atom. The number of aryl methyl sites for hydroxylation is 1. The number of hydrogen-bond acceptors (Lipinski definition) is 5. The average molecular weight is 301 g/mol. The molecular formula is C11H19N5O3S. The zero-order chi connectivity index (χ0) is 14.8. The van der Waals surface area contributed by atoms with Crippen molar-refractivity contribution in [2.24, 2.45) is 10.9 Å². The van der Waals surface area contributed by atoms with Crippen LogP contribution in [-0.4, -0.2) is 45.9 Å². The number of aromatic nitrogens is 2. The molecule has 8 nitrogen and oxygen atoms in total. The van der Waals surface area contributed by atoms with Gasteiger partial charge in [-0.2, -0.15) is 4.31 Å². The van der Waals surface area contributed by atoms with Gasteiger partial charge in [0.2, 0.25) is 0 Å². The van der Waals surface area contributed by atoms with Crippen LogP contribution < -0.4 is 5.73 Å². The molecule has 2 rings (SSSR count). The van der Waals surface area contributed by atoms with E-state index in [0.717, 1.165) is 12.8 Å². The van der Waals surface area contributed by atoms with E-state index in [1.165, 1.54) is 16.8 Å². The molecule has 1 heterocycles. The number of imidazole rings is 1. The molecule has 112 valence electrons. The quantitative estimate of drug-likeness (QED) is 0.323. The summed E-state index contributed by atoms with van der Waals surface area (Å²) in [6.45, 7) is 2.77. The number of oxime groups is 1. The van der Waals surface area contributed by atoms with Gasteiger partial charge >= 0.3 is 0 Å². The Morgan fingerprint density at radius 3 is 2.85 bits per heavy atom. The lowest BCUT2D eigenvalue weighted by Crippen LogP contribution is -2.36. The lowest BCUT2D eigenvalue weighted by molar-refractivity contribution is 0.315. The van der Waals surface area contributed by atoms with E-state index >= 15 is 0 Å². The van der Waals surface area contributed by atoms with Crippen molar-refractivity contribution in [3.8, 4) is 0 Å². The maximum absolute atomic E-state index is 12.6. The fourth-order valence-electron chi connectivity index (χ4n) is 1.90. The number of hydrogen-bond donors (Lipinski definition) is 2. The van der Waals surface area contributed by atoms with Gasteiger partial charge in [-0.15, -0.1) is 0 Å². The smallest absolute Gasteiger partial charge is 0.262 e. The third kappa shape index (κ3) is 3.10. The Balaban J connectivity index is 2.19. The van der Waals surface area contributed by atoms with E-state index in [0.29, 0.717) is 6.54 Å². The largest absolute Gasteiger partial charge is 0.409 e. The highest BCUT2D eigenvalue weighted by Gasteiger charge is 2.38. The van der Waals surface area contributed by atoms with Crippen molar-refractivity contribution < 1.29 is 13.6 Å². The highest BCUT2D eigenvalue weighted by Crippen LogP contribution is 2.31. The minimum atomic E-state index is -3.62. The topological polar surface area (TPSA) is 114 Å². The minimum Gasteiger partial charge on any atom is -0.409 e. The normalized spacial score (nSPS) is 16.8. The minimum absolute atomic E-state index is 0.00160. The molecule has 3 N–H and O–H groups in total. The van der Waals surface area contributed by atoms with Crippen molar-refractivity contribution >= 4 is 15.9 Å². The van der Waals surface area contributed by atoms with Gasteiger partial charge in [0.1, 0.15) is 5.84 Å². The van der Waals surface area contributed by atoms with Crippen LogP contribution >= 0.6 is 0 Å². The first-order chi connectivity index (χ1) is 9.48. The van der Waals surface area contributed by atoms with E-state index in [1.54, 1.807) is 4.57 Å². The number of rotatable bonds is 7. The molecule has 1 aliphatic carbocycles. The van der Waals surface area contributed by atoms with Crippen LogP contribution in [0, 0.1) is 0 Å². The van der Waals surface area contributed by atoms with E-state index in [1.807, 2.05) is 6.92 Å². The Morgan fingerprint density at radius 2 is 2.35 bits per heavy atom. The first-order valence-electron chi connectivity index (χ1n) is 6.49. The van der Waals surface area contributed by atoms with Crippen molar-refractivity contribution in [2.45, 2.75) is 43.8 Å². The van der Waals surface area contributed by atoms with Crippen LogP contribution in [0.25, 0.3) is 0 Å². The highest BCUT2D eigenvalue weighted by atomic mass is 32.2. The second-order valence-corrected chi connectivity index (χ2v) is 6.57. The Bertz CT molecular complexity index is 591. The second-order valence-electron chi connectivity index (χ2n) is 4.73. The number of nitrogens with two attached hydrogens (primary N) is 1. The first-order valence-corrected chi connectivity index (χ1v) is 7.93. The number of sulfonamides is 1. The SMILES string of the molecule is CCn1cnc(S(=O)(=O)N(CCC(N)=NO)C2CC2)c1. The van der Waals surface area contributed by atoms with Crippen molar-refractivity contribution in [3.63, 3.8) is 0 Å². The Hall–Kier alpha value is -1.61. The maximum atomic E-state index is 12.6. The Labute approximate surface area is 117 Å². The van der Waals surface area contributed by atoms with Gasteiger partial charge in [0.15, 0.2) is 5.03 Å². The molecule has 9 heteroatoms. The van der Waals surface area contributed by atoms with Crippen LogP contribution in [-0.2, 0) is 16.6 Å². The molecule has 1 aliphatic rings. The summed E-state index contributed by atoms with van der Waals surface area (Å²) in [5.41, 5.74) is 5.41. The predicted molar refractivity (Wildman–Crippen MR) is 72.8 cm³/mol. The van der Waals surface area contributed by atoms with Crippen molar-refractivity contribution in [1.82, 2.24) is 13.9 Å².